The molecule has 0 radical (unpaired) electrons. The molecule has 286 valence electrons. The smallest absolute Gasteiger partial charge is 0.0546 e. The van der Waals surface area contributed by atoms with Gasteiger partial charge in [0, 0.05) is 16.9 Å². The summed E-state index contributed by atoms with van der Waals surface area (Å²) in [5, 5.41) is 7.53. The summed E-state index contributed by atoms with van der Waals surface area (Å²) in [6.45, 7) is 0. The minimum absolute atomic E-state index is 1.08. The van der Waals surface area contributed by atoms with Crippen molar-refractivity contribution in [2.24, 2.45) is 0 Å². The van der Waals surface area contributed by atoms with E-state index in [1.165, 1.54) is 88.0 Å². The van der Waals surface area contributed by atoms with Crippen LogP contribution in [-0.4, -0.2) is 0 Å². The van der Waals surface area contributed by atoms with Crippen LogP contribution in [0.3, 0.4) is 0 Å². The Bertz CT molecular complexity index is 3350. The molecule has 1 heteroatoms. The van der Waals surface area contributed by atoms with Gasteiger partial charge < -0.3 is 4.90 Å². The Morgan fingerprint density at radius 2 is 0.738 bits per heavy atom. The molecular formula is C60H41N. The van der Waals surface area contributed by atoms with Gasteiger partial charge in [-0.2, -0.15) is 0 Å². The third kappa shape index (κ3) is 6.83. The molecule has 0 atom stereocenters. The van der Waals surface area contributed by atoms with Crippen LogP contribution in [0.1, 0.15) is 0 Å². The van der Waals surface area contributed by atoms with Crippen LogP contribution in [0.5, 0.6) is 0 Å². The maximum absolute atomic E-state index is 2.45. The second-order valence-corrected chi connectivity index (χ2v) is 15.7. The number of benzene rings is 11. The first-order chi connectivity index (χ1) is 30.2. The maximum Gasteiger partial charge on any atom is 0.0546 e. The normalized spacial score (nSPS) is 11.3. The number of fused-ring (bicyclic) bond motifs is 4. The van der Waals surface area contributed by atoms with Crippen LogP contribution in [0.15, 0.2) is 249 Å². The van der Waals surface area contributed by atoms with Gasteiger partial charge in [-0.1, -0.05) is 206 Å². The summed E-state index contributed by atoms with van der Waals surface area (Å²) in [6, 6.07) is 90.6. The van der Waals surface area contributed by atoms with Crippen molar-refractivity contribution < 1.29 is 0 Å². The lowest BCUT2D eigenvalue weighted by Crippen LogP contribution is -2.12. The minimum Gasteiger partial charge on any atom is -0.310 e. The average Bonchev–Trinajstić information content (AvgIpc) is 3.34. The Morgan fingerprint density at radius 1 is 0.230 bits per heavy atom. The SMILES string of the molecule is c1ccc(-c2ccccc2-c2c(-c3ccccc3)cccc2N(c2ccc(-c3ccc4c(ccc5ccccc54)c3)cc2)c2cccc(-c3ccc4ccccc4c3)c2)cc1. The number of nitrogens with zero attached hydrogens (tertiary/aromatic N) is 1. The lowest BCUT2D eigenvalue weighted by atomic mass is 9.87. The van der Waals surface area contributed by atoms with Crippen molar-refractivity contribution in [2.75, 3.05) is 4.90 Å². The fourth-order valence-corrected chi connectivity index (χ4v) is 9.05. The van der Waals surface area contributed by atoms with Crippen LogP contribution in [0.2, 0.25) is 0 Å². The summed E-state index contributed by atoms with van der Waals surface area (Å²) in [5.41, 5.74) is 15.1. The highest BCUT2D eigenvalue weighted by molar-refractivity contribution is 6.08. The van der Waals surface area contributed by atoms with Gasteiger partial charge in [0.15, 0.2) is 0 Å². The van der Waals surface area contributed by atoms with Crippen molar-refractivity contribution in [3.63, 3.8) is 0 Å². The van der Waals surface area contributed by atoms with Gasteiger partial charge in [-0.15, -0.1) is 0 Å². The Kier molecular flexibility index (Phi) is 9.26. The standard InChI is InChI=1S/C60H41N/c1-3-16-44(17-4-1)55-25-11-12-26-58(55)60-57(45-18-5-2-6-19-45)27-14-28-59(60)61(53-23-13-22-48(41-53)50-31-29-42-15-7-8-21-47(42)39-50)52-36-33-43(34-37-52)49-35-38-56-51(40-49)32-30-46-20-9-10-24-54(46)56/h1-41H. The van der Waals surface area contributed by atoms with E-state index in [4.69, 9.17) is 0 Å². The van der Waals surface area contributed by atoms with E-state index >= 15 is 0 Å². The zero-order valence-electron chi connectivity index (χ0n) is 33.6. The van der Waals surface area contributed by atoms with Gasteiger partial charge in [-0.3, -0.25) is 0 Å². The fourth-order valence-electron chi connectivity index (χ4n) is 9.05. The summed E-state index contributed by atoms with van der Waals surface area (Å²) in [7, 11) is 0. The molecule has 0 bridgehead atoms. The van der Waals surface area contributed by atoms with Crippen LogP contribution in [0, 0.1) is 0 Å². The van der Waals surface area contributed by atoms with Crippen molar-refractivity contribution in [2.45, 2.75) is 0 Å². The van der Waals surface area contributed by atoms with E-state index in [-0.39, 0.29) is 0 Å². The fraction of sp³-hybridized carbons (Fsp3) is 0. The van der Waals surface area contributed by atoms with E-state index in [1.54, 1.807) is 0 Å². The zero-order chi connectivity index (χ0) is 40.5. The van der Waals surface area contributed by atoms with Crippen LogP contribution < -0.4 is 4.90 Å². The molecule has 0 spiro atoms. The average molecular weight is 776 g/mol. The molecular weight excluding hydrogens is 735 g/mol. The molecule has 11 aromatic rings. The molecule has 0 aliphatic carbocycles. The number of hydrogen-bond donors (Lipinski definition) is 0. The van der Waals surface area contributed by atoms with E-state index in [9.17, 15) is 0 Å². The molecule has 0 fully saturated rings. The monoisotopic (exact) mass is 775 g/mol. The van der Waals surface area contributed by atoms with Gasteiger partial charge in [0.2, 0.25) is 0 Å². The Morgan fingerprint density at radius 3 is 1.54 bits per heavy atom. The van der Waals surface area contributed by atoms with Gasteiger partial charge in [0.1, 0.15) is 0 Å². The summed E-state index contributed by atoms with van der Waals surface area (Å²) in [4.78, 5) is 2.45. The van der Waals surface area contributed by atoms with Crippen LogP contribution >= 0.6 is 0 Å². The van der Waals surface area contributed by atoms with Crippen molar-refractivity contribution in [1.29, 1.82) is 0 Å². The van der Waals surface area contributed by atoms with Gasteiger partial charge in [0.25, 0.3) is 0 Å². The Labute approximate surface area is 357 Å². The molecule has 0 aromatic heterocycles. The molecule has 0 N–H and O–H groups in total. The molecule has 11 rings (SSSR count). The predicted octanol–water partition coefficient (Wildman–Crippen LogP) is 17.0. The summed E-state index contributed by atoms with van der Waals surface area (Å²) < 4.78 is 0. The molecule has 1 nitrogen and oxygen atoms in total. The third-order valence-corrected chi connectivity index (χ3v) is 12.0. The van der Waals surface area contributed by atoms with Crippen LogP contribution in [-0.2, 0) is 0 Å². The molecule has 0 saturated heterocycles. The summed E-state index contributed by atoms with van der Waals surface area (Å²) in [6.07, 6.45) is 0. The second kappa shape index (κ2) is 15.6. The van der Waals surface area contributed by atoms with Gasteiger partial charge >= 0.3 is 0 Å². The van der Waals surface area contributed by atoms with E-state index in [0.717, 1.165) is 17.1 Å². The van der Waals surface area contributed by atoms with Crippen molar-refractivity contribution in [3.8, 4) is 55.6 Å². The lowest BCUT2D eigenvalue weighted by molar-refractivity contribution is 1.28. The largest absolute Gasteiger partial charge is 0.310 e. The van der Waals surface area contributed by atoms with E-state index in [2.05, 4.69) is 254 Å². The molecule has 61 heavy (non-hydrogen) atoms. The van der Waals surface area contributed by atoms with Crippen molar-refractivity contribution in [1.82, 2.24) is 0 Å². The highest BCUT2D eigenvalue weighted by Crippen LogP contribution is 2.48. The molecule has 0 saturated carbocycles. The van der Waals surface area contributed by atoms with Crippen molar-refractivity contribution >= 4 is 49.4 Å². The first-order valence-corrected chi connectivity index (χ1v) is 21.0. The van der Waals surface area contributed by atoms with E-state index in [0.29, 0.717) is 0 Å². The third-order valence-electron chi connectivity index (χ3n) is 12.0. The highest BCUT2D eigenvalue weighted by Gasteiger charge is 2.23. The highest BCUT2D eigenvalue weighted by atomic mass is 15.1. The number of hydrogen-bond acceptors (Lipinski definition) is 1. The van der Waals surface area contributed by atoms with E-state index in [1.807, 2.05) is 0 Å². The Hall–Kier alpha value is -8.00. The van der Waals surface area contributed by atoms with Crippen LogP contribution in [0.25, 0.3) is 88.0 Å². The predicted molar refractivity (Wildman–Crippen MR) is 261 cm³/mol. The zero-order valence-corrected chi connectivity index (χ0v) is 33.6. The minimum atomic E-state index is 1.08. The summed E-state index contributed by atoms with van der Waals surface area (Å²) in [5.74, 6) is 0. The lowest BCUT2D eigenvalue weighted by Gasteiger charge is -2.30. The quantitative estimate of drug-likeness (QED) is 0.139. The van der Waals surface area contributed by atoms with Crippen LogP contribution in [0.4, 0.5) is 17.1 Å². The van der Waals surface area contributed by atoms with Crippen molar-refractivity contribution in [3.05, 3.63) is 249 Å². The topological polar surface area (TPSA) is 3.24 Å². The molecule has 0 heterocycles. The summed E-state index contributed by atoms with van der Waals surface area (Å²) >= 11 is 0. The molecule has 0 aliphatic rings. The maximum atomic E-state index is 2.45. The number of rotatable bonds is 8. The first kappa shape index (κ1) is 36.1. The number of anilines is 3. The second-order valence-electron chi connectivity index (χ2n) is 15.7. The molecule has 11 aromatic carbocycles. The van der Waals surface area contributed by atoms with E-state index < -0.39 is 0 Å². The molecule has 0 unspecified atom stereocenters. The molecule has 0 amide bonds. The van der Waals surface area contributed by atoms with Gasteiger partial charge in [-0.25, -0.2) is 0 Å². The van der Waals surface area contributed by atoms with Gasteiger partial charge in [0.05, 0.1) is 5.69 Å². The molecule has 0 aliphatic heterocycles. The van der Waals surface area contributed by atoms with Gasteiger partial charge in [-0.05, 0) is 125 Å². The first-order valence-electron chi connectivity index (χ1n) is 21.0. The Balaban J connectivity index is 1.11.